The first-order valence-corrected chi connectivity index (χ1v) is 9.37. The largest absolute Gasteiger partial charge is 0.384 e. The maximum absolute atomic E-state index is 12.8. The fourth-order valence-electron chi connectivity index (χ4n) is 3.33. The third-order valence-corrected chi connectivity index (χ3v) is 6.52. The summed E-state index contributed by atoms with van der Waals surface area (Å²) < 4.78 is 32.3. The Kier molecular flexibility index (Phi) is 4.82. The van der Waals surface area contributed by atoms with Crippen molar-refractivity contribution in [1.82, 2.24) is 9.62 Å². The maximum atomic E-state index is 12.8. The van der Waals surface area contributed by atoms with Crippen LogP contribution >= 0.6 is 0 Å². The van der Waals surface area contributed by atoms with Gasteiger partial charge in [0.15, 0.2) is 0 Å². The topological polar surface area (TPSA) is 58.6 Å². The molecule has 3 rings (SSSR count). The minimum absolute atomic E-state index is 0.309. The van der Waals surface area contributed by atoms with E-state index in [0.29, 0.717) is 36.7 Å². The van der Waals surface area contributed by atoms with Crippen molar-refractivity contribution >= 4 is 10.0 Å². The minimum Gasteiger partial charge on any atom is -0.384 e. The molecule has 2 heterocycles. The van der Waals surface area contributed by atoms with Gasteiger partial charge in [-0.05, 0) is 43.4 Å². The van der Waals surface area contributed by atoms with E-state index in [1.54, 1.807) is 23.5 Å². The standard InChI is InChI=1S/C16H24N2O3S/c1-21-11-9-13-2-6-16(7-3-13)22(19,20)18-10-8-14-4-5-15(12-18)17-14/h2-3,6-7,14-15,17H,4-5,8-12H2,1H3. The molecule has 0 saturated carbocycles. The van der Waals surface area contributed by atoms with E-state index in [2.05, 4.69) is 5.32 Å². The molecule has 2 unspecified atom stereocenters. The fraction of sp³-hybridized carbons (Fsp3) is 0.625. The molecule has 0 aromatic heterocycles. The van der Waals surface area contributed by atoms with Gasteiger partial charge in [-0.25, -0.2) is 8.42 Å². The van der Waals surface area contributed by atoms with Crippen molar-refractivity contribution < 1.29 is 13.2 Å². The Bertz CT molecular complexity index is 600. The molecule has 1 aromatic rings. The zero-order chi connectivity index (χ0) is 15.6. The van der Waals surface area contributed by atoms with E-state index in [9.17, 15) is 8.42 Å². The van der Waals surface area contributed by atoms with Crippen LogP contribution in [-0.4, -0.2) is 51.6 Å². The summed E-state index contributed by atoms with van der Waals surface area (Å²) in [6.07, 6.45) is 3.95. The van der Waals surface area contributed by atoms with Gasteiger partial charge < -0.3 is 10.1 Å². The quantitative estimate of drug-likeness (QED) is 0.889. The number of ether oxygens (including phenoxy) is 1. The van der Waals surface area contributed by atoms with Gasteiger partial charge in [-0.3, -0.25) is 0 Å². The average molecular weight is 324 g/mol. The Morgan fingerprint density at radius 2 is 1.91 bits per heavy atom. The van der Waals surface area contributed by atoms with Crippen LogP contribution in [0.5, 0.6) is 0 Å². The highest BCUT2D eigenvalue weighted by molar-refractivity contribution is 7.89. The predicted octanol–water partition coefficient (Wildman–Crippen LogP) is 1.39. The molecule has 0 aliphatic carbocycles. The van der Waals surface area contributed by atoms with Crippen LogP contribution in [0.25, 0.3) is 0 Å². The van der Waals surface area contributed by atoms with Crippen LogP contribution < -0.4 is 5.32 Å². The Morgan fingerprint density at radius 1 is 1.18 bits per heavy atom. The molecule has 122 valence electrons. The summed E-state index contributed by atoms with van der Waals surface area (Å²) in [4.78, 5) is 0.395. The Morgan fingerprint density at radius 3 is 2.64 bits per heavy atom. The number of hydrogen-bond donors (Lipinski definition) is 1. The first kappa shape index (κ1) is 15.9. The highest BCUT2D eigenvalue weighted by atomic mass is 32.2. The lowest BCUT2D eigenvalue weighted by molar-refractivity contribution is 0.202. The molecular weight excluding hydrogens is 300 g/mol. The van der Waals surface area contributed by atoms with Crippen LogP contribution in [0.3, 0.4) is 0 Å². The van der Waals surface area contributed by atoms with Crippen molar-refractivity contribution in [2.75, 3.05) is 26.8 Å². The summed E-state index contributed by atoms with van der Waals surface area (Å²) in [5, 5.41) is 3.52. The van der Waals surface area contributed by atoms with Gasteiger partial charge in [-0.2, -0.15) is 4.31 Å². The summed E-state index contributed by atoms with van der Waals surface area (Å²) in [6, 6.07) is 8.00. The number of benzene rings is 1. The highest BCUT2D eigenvalue weighted by Gasteiger charge is 2.34. The van der Waals surface area contributed by atoms with Crippen LogP contribution in [0, 0.1) is 0 Å². The zero-order valence-corrected chi connectivity index (χ0v) is 13.8. The summed E-state index contributed by atoms with van der Waals surface area (Å²) in [5.74, 6) is 0. The van der Waals surface area contributed by atoms with Crippen LogP contribution in [-0.2, 0) is 21.2 Å². The van der Waals surface area contributed by atoms with Crippen molar-refractivity contribution in [3.05, 3.63) is 29.8 Å². The predicted molar refractivity (Wildman–Crippen MR) is 85.3 cm³/mol. The molecule has 22 heavy (non-hydrogen) atoms. The number of fused-ring (bicyclic) bond motifs is 2. The Balaban J connectivity index is 1.74. The zero-order valence-electron chi connectivity index (χ0n) is 13.0. The van der Waals surface area contributed by atoms with Gasteiger partial charge in [0.2, 0.25) is 10.0 Å². The van der Waals surface area contributed by atoms with Gasteiger partial charge in [-0.15, -0.1) is 0 Å². The van der Waals surface area contributed by atoms with Crippen molar-refractivity contribution in [1.29, 1.82) is 0 Å². The molecule has 2 bridgehead atoms. The molecule has 2 saturated heterocycles. The van der Waals surface area contributed by atoms with Gasteiger partial charge in [0.05, 0.1) is 11.5 Å². The number of hydrogen-bond acceptors (Lipinski definition) is 4. The summed E-state index contributed by atoms with van der Waals surface area (Å²) in [5.41, 5.74) is 1.09. The monoisotopic (exact) mass is 324 g/mol. The Hall–Kier alpha value is -0.950. The van der Waals surface area contributed by atoms with E-state index >= 15 is 0 Å². The molecule has 1 N–H and O–H groups in total. The molecule has 0 spiro atoms. The van der Waals surface area contributed by atoms with E-state index in [1.165, 1.54) is 6.42 Å². The van der Waals surface area contributed by atoms with E-state index in [4.69, 9.17) is 4.74 Å². The van der Waals surface area contributed by atoms with Crippen molar-refractivity contribution in [2.45, 2.75) is 42.7 Å². The van der Waals surface area contributed by atoms with Crippen LogP contribution in [0.15, 0.2) is 29.2 Å². The van der Waals surface area contributed by atoms with Gasteiger partial charge in [0, 0.05) is 32.3 Å². The molecule has 6 heteroatoms. The van der Waals surface area contributed by atoms with E-state index in [-0.39, 0.29) is 0 Å². The SMILES string of the molecule is COCCc1ccc(S(=O)(=O)N2CCC3CCC(C2)N3)cc1. The van der Waals surface area contributed by atoms with Gasteiger partial charge in [-0.1, -0.05) is 12.1 Å². The molecule has 1 aromatic carbocycles. The second-order valence-electron chi connectivity index (χ2n) is 6.18. The molecule has 5 nitrogen and oxygen atoms in total. The first-order chi connectivity index (χ1) is 10.6. The average Bonchev–Trinajstić information content (AvgIpc) is 2.84. The van der Waals surface area contributed by atoms with Crippen molar-refractivity contribution in [3.8, 4) is 0 Å². The minimum atomic E-state index is -3.38. The summed E-state index contributed by atoms with van der Waals surface area (Å²) in [6.45, 7) is 1.85. The Labute approximate surface area is 132 Å². The van der Waals surface area contributed by atoms with Crippen LogP contribution in [0.4, 0.5) is 0 Å². The van der Waals surface area contributed by atoms with E-state index in [1.807, 2.05) is 12.1 Å². The normalized spacial score (nSPS) is 26.0. The van der Waals surface area contributed by atoms with Gasteiger partial charge in [0.25, 0.3) is 0 Å². The van der Waals surface area contributed by atoms with E-state index < -0.39 is 10.0 Å². The highest BCUT2D eigenvalue weighted by Crippen LogP contribution is 2.25. The molecule has 0 amide bonds. The van der Waals surface area contributed by atoms with Crippen LogP contribution in [0.1, 0.15) is 24.8 Å². The number of rotatable bonds is 5. The molecule has 2 fully saturated rings. The fourth-order valence-corrected chi connectivity index (χ4v) is 4.83. The van der Waals surface area contributed by atoms with Gasteiger partial charge in [0.1, 0.15) is 0 Å². The second kappa shape index (κ2) is 6.66. The van der Waals surface area contributed by atoms with Crippen molar-refractivity contribution in [2.24, 2.45) is 0 Å². The number of sulfonamides is 1. The van der Waals surface area contributed by atoms with E-state index in [0.717, 1.165) is 24.8 Å². The van der Waals surface area contributed by atoms with Crippen LogP contribution in [0.2, 0.25) is 0 Å². The molecule has 2 atom stereocenters. The number of methoxy groups -OCH3 is 1. The molecular formula is C16H24N2O3S. The van der Waals surface area contributed by atoms with Crippen molar-refractivity contribution in [3.63, 3.8) is 0 Å². The first-order valence-electron chi connectivity index (χ1n) is 7.93. The lowest BCUT2D eigenvalue weighted by Gasteiger charge is -2.23. The number of nitrogens with zero attached hydrogens (tertiary/aromatic N) is 1. The number of nitrogens with one attached hydrogen (secondary N) is 1. The second-order valence-corrected chi connectivity index (χ2v) is 8.11. The maximum Gasteiger partial charge on any atom is 0.243 e. The van der Waals surface area contributed by atoms with Gasteiger partial charge >= 0.3 is 0 Å². The molecule has 0 radical (unpaired) electrons. The molecule has 2 aliphatic rings. The lowest BCUT2D eigenvalue weighted by Crippen LogP contribution is -2.39. The molecule has 2 aliphatic heterocycles. The lowest BCUT2D eigenvalue weighted by atomic mass is 10.1. The third-order valence-electron chi connectivity index (χ3n) is 4.64. The third kappa shape index (κ3) is 3.35. The summed E-state index contributed by atoms with van der Waals surface area (Å²) in [7, 11) is -1.72. The summed E-state index contributed by atoms with van der Waals surface area (Å²) >= 11 is 0. The smallest absolute Gasteiger partial charge is 0.243 e.